The SMILES string of the molecule is FC1(F)CCCC(CN2CCC3(CCNCC3)C2)C1. The summed E-state index contributed by atoms with van der Waals surface area (Å²) in [6.45, 7) is 5.45. The van der Waals surface area contributed by atoms with E-state index >= 15 is 0 Å². The monoisotopic (exact) mass is 272 g/mol. The highest BCUT2D eigenvalue weighted by molar-refractivity contribution is 4.94. The Morgan fingerprint density at radius 2 is 1.89 bits per heavy atom. The number of alkyl halides is 2. The second-order valence-electron chi connectivity index (χ2n) is 7.05. The highest BCUT2D eigenvalue weighted by Crippen LogP contribution is 2.41. The van der Waals surface area contributed by atoms with Crippen LogP contribution in [0, 0.1) is 11.3 Å². The van der Waals surface area contributed by atoms with Gasteiger partial charge in [-0.15, -0.1) is 0 Å². The van der Waals surface area contributed by atoms with Crippen molar-refractivity contribution in [2.75, 3.05) is 32.7 Å². The molecular weight excluding hydrogens is 246 g/mol. The number of hydrogen-bond acceptors (Lipinski definition) is 2. The van der Waals surface area contributed by atoms with Gasteiger partial charge in [-0.05, 0) is 63.1 Å². The minimum atomic E-state index is -2.39. The molecule has 1 unspecified atom stereocenters. The molecule has 1 spiro atoms. The van der Waals surface area contributed by atoms with Gasteiger partial charge >= 0.3 is 0 Å². The normalized spacial score (nSPS) is 34.7. The van der Waals surface area contributed by atoms with Gasteiger partial charge in [0.25, 0.3) is 0 Å². The van der Waals surface area contributed by atoms with Crippen molar-refractivity contribution in [3.63, 3.8) is 0 Å². The van der Waals surface area contributed by atoms with Gasteiger partial charge < -0.3 is 10.2 Å². The molecule has 1 aliphatic carbocycles. The first-order chi connectivity index (χ1) is 9.07. The van der Waals surface area contributed by atoms with E-state index in [1.165, 1.54) is 19.3 Å². The summed E-state index contributed by atoms with van der Waals surface area (Å²) in [4.78, 5) is 2.47. The molecule has 0 bridgehead atoms. The predicted octanol–water partition coefficient (Wildman–Crippen LogP) is 2.89. The molecule has 1 N–H and O–H groups in total. The number of rotatable bonds is 2. The molecule has 0 amide bonds. The van der Waals surface area contributed by atoms with Crippen LogP contribution in [-0.2, 0) is 0 Å². The number of nitrogens with zero attached hydrogens (tertiary/aromatic N) is 1. The van der Waals surface area contributed by atoms with Gasteiger partial charge in [0.15, 0.2) is 0 Å². The predicted molar refractivity (Wildman–Crippen MR) is 72.5 cm³/mol. The van der Waals surface area contributed by atoms with E-state index in [4.69, 9.17) is 0 Å². The summed E-state index contributed by atoms with van der Waals surface area (Å²) in [7, 11) is 0. The third kappa shape index (κ3) is 3.27. The third-order valence-electron chi connectivity index (χ3n) is 5.44. The van der Waals surface area contributed by atoms with E-state index in [0.717, 1.165) is 39.1 Å². The molecule has 1 atom stereocenters. The first-order valence-corrected chi connectivity index (χ1v) is 7.88. The van der Waals surface area contributed by atoms with Gasteiger partial charge in [-0.2, -0.15) is 0 Å². The van der Waals surface area contributed by atoms with Gasteiger partial charge in [-0.25, -0.2) is 8.78 Å². The molecule has 3 aliphatic rings. The Kier molecular flexibility index (Phi) is 3.82. The molecule has 0 aromatic rings. The Bertz CT molecular complexity index is 313. The van der Waals surface area contributed by atoms with Gasteiger partial charge in [0.2, 0.25) is 5.92 Å². The lowest BCUT2D eigenvalue weighted by atomic mass is 9.78. The number of halogens is 2. The summed E-state index contributed by atoms with van der Waals surface area (Å²) in [5.74, 6) is -2.17. The molecule has 1 saturated carbocycles. The third-order valence-corrected chi connectivity index (χ3v) is 5.44. The van der Waals surface area contributed by atoms with E-state index in [1.54, 1.807) is 0 Å². The van der Waals surface area contributed by atoms with Crippen LogP contribution < -0.4 is 5.32 Å². The fourth-order valence-electron chi connectivity index (χ4n) is 4.35. The lowest BCUT2D eigenvalue weighted by molar-refractivity contribution is -0.0564. The van der Waals surface area contributed by atoms with Crippen LogP contribution >= 0.6 is 0 Å². The molecule has 0 aromatic carbocycles. The molecule has 2 heterocycles. The standard InChI is InChI=1S/C15H26F2N2/c16-15(17)3-1-2-13(10-15)11-19-9-6-14(12-19)4-7-18-8-5-14/h13,18H,1-12H2. The van der Waals surface area contributed by atoms with Gasteiger partial charge in [-0.3, -0.25) is 0 Å². The molecule has 0 radical (unpaired) electrons. The summed E-state index contributed by atoms with van der Waals surface area (Å²) in [6.07, 6.45) is 5.75. The van der Waals surface area contributed by atoms with Crippen molar-refractivity contribution >= 4 is 0 Å². The summed E-state index contributed by atoms with van der Waals surface area (Å²) < 4.78 is 26.9. The topological polar surface area (TPSA) is 15.3 Å². The first kappa shape index (κ1) is 13.7. The van der Waals surface area contributed by atoms with Crippen LogP contribution in [-0.4, -0.2) is 43.5 Å². The van der Waals surface area contributed by atoms with E-state index in [1.807, 2.05) is 0 Å². The van der Waals surface area contributed by atoms with Gasteiger partial charge in [-0.1, -0.05) is 0 Å². The van der Waals surface area contributed by atoms with Crippen molar-refractivity contribution in [2.24, 2.45) is 11.3 Å². The van der Waals surface area contributed by atoms with Crippen molar-refractivity contribution in [1.29, 1.82) is 0 Å². The minimum absolute atomic E-state index is 0.110. The van der Waals surface area contributed by atoms with Gasteiger partial charge in [0.1, 0.15) is 0 Å². The summed E-state index contributed by atoms with van der Waals surface area (Å²) >= 11 is 0. The Morgan fingerprint density at radius 1 is 1.11 bits per heavy atom. The van der Waals surface area contributed by atoms with E-state index in [2.05, 4.69) is 10.2 Å². The quantitative estimate of drug-likeness (QED) is 0.831. The van der Waals surface area contributed by atoms with E-state index in [0.29, 0.717) is 11.8 Å². The molecule has 3 rings (SSSR count). The van der Waals surface area contributed by atoms with Crippen LogP contribution in [0.4, 0.5) is 8.78 Å². The zero-order valence-corrected chi connectivity index (χ0v) is 11.8. The van der Waals surface area contributed by atoms with Crippen molar-refractivity contribution in [3.8, 4) is 0 Å². The van der Waals surface area contributed by atoms with Gasteiger partial charge in [0.05, 0.1) is 0 Å². The molecule has 4 heteroatoms. The summed E-state index contributed by atoms with van der Waals surface area (Å²) in [5, 5.41) is 3.43. The maximum atomic E-state index is 13.4. The lowest BCUT2D eigenvalue weighted by Crippen LogP contribution is -2.40. The molecule has 3 fully saturated rings. The van der Waals surface area contributed by atoms with Crippen molar-refractivity contribution in [2.45, 2.75) is 50.9 Å². The highest BCUT2D eigenvalue weighted by Gasteiger charge is 2.41. The molecule has 110 valence electrons. The molecular formula is C15H26F2N2. The maximum absolute atomic E-state index is 13.4. The smallest absolute Gasteiger partial charge is 0.248 e. The number of nitrogens with one attached hydrogen (secondary N) is 1. The van der Waals surface area contributed by atoms with E-state index in [9.17, 15) is 8.78 Å². The summed E-state index contributed by atoms with van der Waals surface area (Å²) in [5.41, 5.74) is 0.502. The number of hydrogen-bond donors (Lipinski definition) is 1. The largest absolute Gasteiger partial charge is 0.317 e. The van der Waals surface area contributed by atoms with Crippen molar-refractivity contribution in [1.82, 2.24) is 10.2 Å². The molecule has 19 heavy (non-hydrogen) atoms. The van der Waals surface area contributed by atoms with Crippen LogP contribution in [0.2, 0.25) is 0 Å². The molecule has 2 aliphatic heterocycles. The summed E-state index contributed by atoms with van der Waals surface area (Å²) in [6, 6.07) is 0. The first-order valence-electron chi connectivity index (χ1n) is 7.88. The van der Waals surface area contributed by atoms with E-state index < -0.39 is 5.92 Å². The van der Waals surface area contributed by atoms with Crippen LogP contribution in [0.5, 0.6) is 0 Å². The minimum Gasteiger partial charge on any atom is -0.317 e. The highest BCUT2D eigenvalue weighted by atomic mass is 19.3. The lowest BCUT2D eigenvalue weighted by Gasteiger charge is -2.35. The second-order valence-corrected chi connectivity index (χ2v) is 7.05. The van der Waals surface area contributed by atoms with E-state index in [-0.39, 0.29) is 18.8 Å². The van der Waals surface area contributed by atoms with Crippen LogP contribution in [0.25, 0.3) is 0 Å². The average molecular weight is 272 g/mol. The fourth-order valence-corrected chi connectivity index (χ4v) is 4.35. The number of piperidine rings is 1. The Labute approximate surface area is 114 Å². The Hall–Kier alpha value is -0.220. The second kappa shape index (κ2) is 5.28. The zero-order chi connectivity index (χ0) is 13.3. The van der Waals surface area contributed by atoms with Crippen LogP contribution in [0.1, 0.15) is 44.9 Å². The number of likely N-dealkylation sites (tertiary alicyclic amines) is 1. The molecule has 2 saturated heterocycles. The van der Waals surface area contributed by atoms with Crippen LogP contribution in [0.15, 0.2) is 0 Å². The van der Waals surface area contributed by atoms with Gasteiger partial charge in [0, 0.05) is 25.9 Å². The fraction of sp³-hybridized carbons (Fsp3) is 1.00. The van der Waals surface area contributed by atoms with Crippen LogP contribution in [0.3, 0.4) is 0 Å². The van der Waals surface area contributed by atoms with Crippen molar-refractivity contribution in [3.05, 3.63) is 0 Å². The maximum Gasteiger partial charge on any atom is 0.248 e. The Morgan fingerprint density at radius 3 is 2.63 bits per heavy atom. The zero-order valence-electron chi connectivity index (χ0n) is 11.8. The molecule has 2 nitrogen and oxygen atoms in total. The Balaban J connectivity index is 1.51. The average Bonchev–Trinajstić information content (AvgIpc) is 2.72. The molecule has 0 aromatic heterocycles. The van der Waals surface area contributed by atoms with Crippen molar-refractivity contribution < 1.29 is 8.78 Å².